The lowest BCUT2D eigenvalue weighted by Crippen LogP contribution is -2.21. The van der Waals surface area contributed by atoms with Crippen molar-refractivity contribution in [1.82, 2.24) is 19.6 Å². The number of nitrogens with one attached hydrogen (secondary N) is 1. The van der Waals surface area contributed by atoms with E-state index in [4.69, 9.17) is 0 Å². The second-order valence-electron chi connectivity index (χ2n) is 8.27. The van der Waals surface area contributed by atoms with Crippen LogP contribution in [-0.2, 0) is 24.1 Å². The van der Waals surface area contributed by atoms with Crippen LogP contribution < -0.4 is 5.32 Å². The second-order valence-corrected chi connectivity index (χ2v) is 9.06. The molecule has 1 aliphatic carbocycles. The van der Waals surface area contributed by atoms with Crippen LogP contribution in [0.5, 0.6) is 0 Å². The Hall–Kier alpha value is -2.76. The lowest BCUT2D eigenvalue weighted by atomic mass is 10.1. The quantitative estimate of drug-likeness (QED) is 0.371. The number of carbonyl (C=O) groups excluding carboxylic acids is 1. The van der Waals surface area contributed by atoms with Crippen molar-refractivity contribution >= 4 is 27.5 Å². The van der Waals surface area contributed by atoms with Gasteiger partial charge in [-0.1, -0.05) is 12.1 Å². The highest BCUT2D eigenvalue weighted by atomic mass is 79.9. The lowest BCUT2D eigenvalue weighted by molar-refractivity contribution is -0.137. The van der Waals surface area contributed by atoms with Crippen molar-refractivity contribution in [1.29, 1.82) is 0 Å². The first-order valence-corrected chi connectivity index (χ1v) is 11.3. The summed E-state index contributed by atoms with van der Waals surface area (Å²) < 4.78 is 68.6. The molecule has 0 aliphatic heterocycles. The van der Waals surface area contributed by atoms with Gasteiger partial charge in [0.25, 0.3) is 6.43 Å². The first-order valence-electron chi connectivity index (χ1n) is 10.5. The Morgan fingerprint density at radius 3 is 2.53 bits per heavy atom. The van der Waals surface area contributed by atoms with E-state index in [1.165, 1.54) is 15.4 Å². The third kappa shape index (κ3) is 5.01. The number of aryl methyl sites for hydroxylation is 1. The molecule has 1 saturated carbocycles. The molecule has 1 fully saturated rings. The zero-order valence-electron chi connectivity index (χ0n) is 18.3. The molecule has 12 heteroatoms. The maximum absolute atomic E-state index is 13.3. The van der Waals surface area contributed by atoms with E-state index in [9.17, 15) is 26.7 Å². The van der Waals surface area contributed by atoms with Crippen molar-refractivity contribution < 1.29 is 26.7 Å². The van der Waals surface area contributed by atoms with Crippen LogP contribution in [0.1, 0.15) is 59.1 Å². The Kier molecular flexibility index (Phi) is 6.54. The van der Waals surface area contributed by atoms with Gasteiger partial charge in [0.15, 0.2) is 0 Å². The number of carbonyl (C=O) groups is 1. The average Bonchev–Trinajstić information content (AvgIpc) is 3.48. The summed E-state index contributed by atoms with van der Waals surface area (Å²) in [6.07, 6.45) is -5.53. The van der Waals surface area contributed by atoms with E-state index in [1.807, 2.05) is 0 Å². The highest BCUT2D eigenvalue weighted by Crippen LogP contribution is 2.45. The summed E-state index contributed by atoms with van der Waals surface area (Å²) in [5.41, 5.74) is 1.31. The first-order chi connectivity index (χ1) is 16.0. The monoisotopic (exact) mass is 545 g/mol. The van der Waals surface area contributed by atoms with Crippen molar-refractivity contribution in [2.75, 3.05) is 5.32 Å². The van der Waals surface area contributed by atoms with Crippen molar-refractivity contribution in [3.8, 4) is 0 Å². The van der Waals surface area contributed by atoms with Gasteiger partial charge in [0.05, 0.1) is 39.4 Å². The molecule has 6 nitrogen and oxygen atoms in total. The third-order valence-corrected chi connectivity index (χ3v) is 6.47. The van der Waals surface area contributed by atoms with Gasteiger partial charge in [-0.3, -0.25) is 14.2 Å². The molecule has 3 aromatic rings. The Morgan fingerprint density at radius 1 is 1.21 bits per heavy atom. The van der Waals surface area contributed by atoms with Gasteiger partial charge in [-0.25, -0.2) is 8.78 Å². The Bertz CT molecular complexity index is 1230. The van der Waals surface area contributed by atoms with Gasteiger partial charge >= 0.3 is 6.18 Å². The molecule has 34 heavy (non-hydrogen) atoms. The minimum absolute atomic E-state index is 0.0841. The maximum Gasteiger partial charge on any atom is 0.416 e. The fourth-order valence-corrected chi connectivity index (χ4v) is 4.63. The minimum atomic E-state index is -4.45. The molecule has 0 unspecified atom stereocenters. The van der Waals surface area contributed by atoms with Crippen LogP contribution in [0.2, 0.25) is 0 Å². The summed E-state index contributed by atoms with van der Waals surface area (Å²) in [5.74, 6) is -0.386. The summed E-state index contributed by atoms with van der Waals surface area (Å²) in [7, 11) is 0. The number of halogens is 6. The zero-order valence-corrected chi connectivity index (χ0v) is 19.8. The fourth-order valence-electron chi connectivity index (χ4n) is 3.84. The van der Waals surface area contributed by atoms with Crippen LogP contribution in [0.3, 0.4) is 0 Å². The van der Waals surface area contributed by atoms with Gasteiger partial charge in [-0.15, -0.1) is 0 Å². The van der Waals surface area contributed by atoms with E-state index in [2.05, 4.69) is 31.4 Å². The molecule has 1 amide bonds. The van der Waals surface area contributed by atoms with E-state index in [0.29, 0.717) is 28.3 Å². The molecule has 0 radical (unpaired) electrons. The van der Waals surface area contributed by atoms with Gasteiger partial charge in [0, 0.05) is 5.92 Å². The van der Waals surface area contributed by atoms with Gasteiger partial charge in [-0.2, -0.15) is 23.4 Å². The predicted molar refractivity (Wildman–Crippen MR) is 118 cm³/mol. The Labute approximate surface area is 200 Å². The molecule has 2 aromatic heterocycles. The normalized spacial score (nSPS) is 14.1. The van der Waals surface area contributed by atoms with Crippen LogP contribution in [0, 0.1) is 13.8 Å². The topological polar surface area (TPSA) is 64.7 Å². The number of alkyl halides is 5. The largest absolute Gasteiger partial charge is 0.416 e. The van der Waals surface area contributed by atoms with Gasteiger partial charge < -0.3 is 5.32 Å². The molecular formula is C22H21BrF5N5O. The highest BCUT2D eigenvalue weighted by molar-refractivity contribution is 9.10. The van der Waals surface area contributed by atoms with Crippen molar-refractivity contribution in [2.24, 2.45) is 0 Å². The lowest BCUT2D eigenvalue weighted by Gasteiger charge is -2.11. The summed E-state index contributed by atoms with van der Waals surface area (Å²) in [4.78, 5) is 12.8. The maximum atomic E-state index is 13.3. The zero-order chi connectivity index (χ0) is 24.8. The number of aromatic nitrogens is 4. The van der Waals surface area contributed by atoms with Crippen LogP contribution in [-0.4, -0.2) is 25.5 Å². The van der Waals surface area contributed by atoms with Crippen LogP contribution in [0.4, 0.5) is 27.6 Å². The van der Waals surface area contributed by atoms with Gasteiger partial charge in [0.1, 0.15) is 12.2 Å². The molecule has 1 aliphatic rings. The van der Waals surface area contributed by atoms with Crippen LogP contribution in [0.25, 0.3) is 0 Å². The fraction of sp³-hybridized carbons (Fsp3) is 0.409. The standard InChI is InChI=1S/C22H21BrF5N5O/c1-11-18(12(2)32(30-11)9-13-4-3-5-15(8-13)22(26,27)28)29-16(34)10-33-20(14-6-7-14)17(23)19(31-33)21(24)25/h3-5,8,14,21H,6-7,9-10H2,1-2H3,(H,29,34). The molecule has 0 bridgehead atoms. The molecule has 0 saturated heterocycles. The van der Waals surface area contributed by atoms with Gasteiger partial charge in [0.2, 0.25) is 5.91 Å². The SMILES string of the molecule is Cc1nn(Cc2cccc(C(F)(F)F)c2)c(C)c1NC(=O)Cn1nc(C(F)F)c(Br)c1C1CC1. The summed E-state index contributed by atoms with van der Waals surface area (Å²) >= 11 is 3.20. The van der Waals surface area contributed by atoms with E-state index in [1.54, 1.807) is 19.9 Å². The van der Waals surface area contributed by atoms with Crippen LogP contribution >= 0.6 is 15.9 Å². The molecule has 4 rings (SSSR count). The molecule has 0 spiro atoms. The number of rotatable bonds is 7. The minimum Gasteiger partial charge on any atom is -0.321 e. The molecule has 2 heterocycles. The Morgan fingerprint density at radius 2 is 1.91 bits per heavy atom. The molecule has 1 N–H and O–H groups in total. The summed E-state index contributed by atoms with van der Waals surface area (Å²) in [6.45, 7) is 3.19. The van der Waals surface area contributed by atoms with E-state index in [-0.39, 0.29) is 23.5 Å². The summed E-state index contributed by atoms with van der Waals surface area (Å²) in [5, 5.41) is 11.0. The van der Waals surface area contributed by atoms with E-state index in [0.717, 1.165) is 25.0 Å². The van der Waals surface area contributed by atoms with Crippen molar-refractivity contribution in [3.05, 3.63) is 62.6 Å². The second kappa shape index (κ2) is 9.12. The number of anilines is 1. The number of hydrogen-bond donors (Lipinski definition) is 1. The Balaban J connectivity index is 1.52. The highest BCUT2D eigenvalue weighted by Gasteiger charge is 2.34. The van der Waals surface area contributed by atoms with E-state index >= 15 is 0 Å². The first kappa shape index (κ1) is 24.4. The number of amides is 1. The third-order valence-electron chi connectivity index (χ3n) is 5.65. The predicted octanol–water partition coefficient (Wildman–Crippen LogP) is 5.98. The molecule has 1 aromatic carbocycles. The summed E-state index contributed by atoms with van der Waals surface area (Å²) in [6, 6.07) is 4.96. The number of hydrogen-bond acceptors (Lipinski definition) is 3. The molecule has 182 valence electrons. The number of nitrogens with zero attached hydrogens (tertiary/aromatic N) is 4. The molecule has 0 atom stereocenters. The average molecular weight is 546 g/mol. The van der Waals surface area contributed by atoms with Crippen LogP contribution in [0.15, 0.2) is 28.7 Å². The smallest absolute Gasteiger partial charge is 0.321 e. The van der Waals surface area contributed by atoms with Crippen molar-refractivity contribution in [3.63, 3.8) is 0 Å². The number of benzene rings is 1. The van der Waals surface area contributed by atoms with Crippen molar-refractivity contribution in [2.45, 2.75) is 58.3 Å². The van der Waals surface area contributed by atoms with E-state index < -0.39 is 29.8 Å². The van der Waals surface area contributed by atoms with Gasteiger partial charge in [-0.05, 0) is 60.3 Å². The molecular weight excluding hydrogens is 525 g/mol.